The fourth-order valence-electron chi connectivity index (χ4n) is 2.56. The lowest BCUT2D eigenvalue weighted by atomic mass is 10.2. The number of aryl methyl sites for hydroxylation is 1. The highest BCUT2D eigenvalue weighted by atomic mass is 32.2. The molecule has 5 nitrogen and oxygen atoms in total. The number of nitrogens with zero attached hydrogens (tertiary/aromatic N) is 1. The van der Waals surface area contributed by atoms with Crippen LogP contribution in [0.2, 0.25) is 0 Å². The Labute approximate surface area is 149 Å². The molecule has 4 rings (SSSR count). The molecule has 1 fully saturated rings. The van der Waals surface area contributed by atoms with E-state index in [4.69, 9.17) is 9.47 Å². The minimum atomic E-state index is -0.147. The number of benzene rings is 2. The number of aliphatic imine (C=N–C) groups is 1. The molecule has 0 aliphatic carbocycles. The topological polar surface area (TPSA) is 59.9 Å². The van der Waals surface area contributed by atoms with Crippen LogP contribution in [0.15, 0.2) is 52.4 Å². The van der Waals surface area contributed by atoms with Crippen molar-refractivity contribution in [3.8, 4) is 11.5 Å². The first-order valence-electron chi connectivity index (χ1n) is 7.99. The summed E-state index contributed by atoms with van der Waals surface area (Å²) >= 11 is 1.33. The summed E-state index contributed by atoms with van der Waals surface area (Å²) in [6, 6.07) is 13.6. The maximum absolute atomic E-state index is 12.2. The van der Waals surface area contributed by atoms with Crippen LogP contribution >= 0.6 is 11.8 Å². The zero-order valence-corrected chi connectivity index (χ0v) is 14.4. The van der Waals surface area contributed by atoms with Crippen LogP contribution in [0.4, 0.5) is 5.69 Å². The Hall–Kier alpha value is -2.73. The summed E-state index contributed by atoms with van der Waals surface area (Å²) in [7, 11) is 0. The van der Waals surface area contributed by atoms with E-state index in [1.54, 1.807) is 0 Å². The third kappa shape index (κ3) is 3.39. The second kappa shape index (κ2) is 6.64. The maximum Gasteiger partial charge on any atom is 0.264 e. The van der Waals surface area contributed by atoms with Gasteiger partial charge in [-0.25, -0.2) is 4.99 Å². The van der Waals surface area contributed by atoms with E-state index in [0.717, 1.165) is 23.4 Å². The Morgan fingerprint density at radius 3 is 2.76 bits per heavy atom. The predicted molar refractivity (Wildman–Crippen MR) is 99.2 cm³/mol. The van der Waals surface area contributed by atoms with E-state index in [9.17, 15) is 4.79 Å². The number of fused-ring (bicyclic) bond motifs is 1. The number of ether oxygens (including phenoxy) is 2. The van der Waals surface area contributed by atoms with E-state index in [-0.39, 0.29) is 12.7 Å². The van der Waals surface area contributed by atoms with E-state index < -0.39 is 0 Å². The summed E-state index contributed by atoms with van der Waals surface area (Å²) < 4.78 is 10.7. The molecular formula is C19H16N2O3S. The molecule has 2 aromatic rings. The summed E-state index contributed by atoms with van der Waals surface area (Å²) in [5.41, 5.74) is 2.97. The first-order chi connectivity index (χ1) is 12.2. The lowest BCUT2D eigenvalue weighted by Crippen LogP contribution is -2.19. The van der Waals surface area contributed by atoms with E-state index in [1.807, 2.05) is 48.5 Å². The summed E-state index contributed by atoms with van der Waals surface area (Å²) in [6.07, 6.45) is 2.81. The Morgan fingerprint density at radius 1 is 1.16 bits per heavy atom. The molecule has 1 N–H and O–H groups in total. The highest BCUT2D eigenvalue weighted by Gasteiger charge is 2.24. The Bertz CT molecular complexity index is 888. The Morgan fingerprint density at radius 2 is 1.96 bits per heavy atom. The molecule has 0 atom stereocenters. The van der Waals surface area contributed by atoms with Crippen molar-refractivity contribution in [2.75, 3.05) is 6.79 Å². The first-order valence-corrected chi connectivity index (χ1v) is 8.81. The van der Waals surface area contributed by atoms with Crippen molar-refractivity contribution >= 4 is 34.6 Å². The SMILES string of the molecule is CCc1ccc(N=C2NC(=O)C(=Cc3ccc4c(c3)OCO4)S2)cc1. The number of carbonyl (C=O) groups is 1. The molecule has 2 aliphatic rings. The molecule has 6 heteroatoms. The van der Waals surface area contributed by atoms with Crippen molar-refractivity contribution in [3.05, 3.63) is 58.5 Å². The largest absolute Gasteiger partial charge is 0.454 e. The molecule has 0 bridgehead atoms. The van der Waals surface area contributed by atoms with Gasteiger partial charge in [-0.05, 0) is 59.7 Å². The molecule has 0 unspecified atom stereocenters. The third-order valence-corrected chi connectivity index (χ3v) is 4.83. The minimum Gasteiger partial charge on any atom is -0.454 e. The quantitative estimate of drug-likeness (QED) is 0.852. The molecule has 0 saturated carbocycles. The molecule has 0 aromatic heterocycles. The summed E-state index contributed by atoms with van der Waals surface area (Å²) in [4.78, 5) is 17.3. The van der Waals surface area contributed by atoms with Crippen LogP contribution in [0.5, 0.6) is 11.5 Å². The van der Waals surface area contributed by atoms with Crippen molar-refractivity contribution in [2.45, 2.75) is 13.3 Å². The minimum absolute atomic E-state index is 0.147. The average Bonchev–Trinajstić information content (AvgIpc) is 3.22. The summed E-state index contributed by atoms with van der Waals surface area (Å²) in [6.45, 7) is 2.35. The number of amidine groups is 1. The molecule has 25 heavy (non-hydrogen) atoms. The van der Waals surface area contributed by atoms with Crippen LogP contribution < -0.4 is 14.8 Å². The van der Waals surface area contributed by atoms with Gasteiger partial charge in [-0.2, -0.15) is 0 Å². The molecule has 2 aromatic carbocycles. The van der Waals surface area contributed by atoms with Crippen LogP contribution in [0, 0.1) is 0 Å². The maximum atomic E-state index is 12.2. The van der Waals surface area contributed by atoms with E-state index >= 15 is 0 Å². The van der Waals surface area contributed by atoms with Crippen molar-refractivity contribution in [1.29, 1.82) is 0 Å². The van der Waals surface area contributed by atoms with Crippen LogP contribution in [0.3, 0.4) is 0 Å². The van der Waals surface area contributed by atoms with Gasteiger partial charge in [0.05, 0.1) is 10.6 Å². The van der Waals surface area contributed by atoms with Gasteiger partial charge in [-0.3, -0.25) is 4.79 Å². The summed E-state index contributed by atoms with van der Waals surface area (Å²) in [5.74, 6) is 1.28. The zero-order valence-electron chi connectivity index (χ0n) is 13.6. The van der Waals surface area contributed by atoms with Crippen LogP contribution in [-0.4, -0.2) is 17.9 Å². The highest BCUT2D eigenvalue weighted by molar-refractivity contribution is 8.18. The van der Waals surface area contributed by atoms with Crippen molar-refractivity contribution in [2.24, 2.45) is 4.99 Å². The number of thioether (sulfide) groups is 1. The molecule has 126 valence electrons. The molecule has 1 amide bonds. The molecule has 0 radical (unpaired) electrons. The highest BCUT2D eigenvalue weighted by Crippen LogP contribution is 2.34. The van der Waals surface area contributed by atoms with Crippen LogP contribution in [0.25, 0.3) is 6.08 Å². The first kappa shape index (κ1) is 15.8. The second-order valence-electron chi connectivity index (χ2n) is 5.61. The molecule has 0 spiro atoms. The van der Waals surface area contributed by atoms with Gasteiger partial charge in [0.15, 0.2) is 16.7 Å². The number of rotatable bonds is 3. The molecule has 1 saturated heterocycles. The van der Waals surface area contributed by atoms with Crippen molar-refractivity contribution in [3.63, 3.8) is 0 Å². The monoisotopic (exact) mass is 352 g/mol. The number of hydrogen-bond donors (Lipinski definition) is 1. The number of nitrogens with one attached hydrogen (secondary N) is 1. The lowest BCUT2D eigenvalue weighted by Gasteiger charge is -1.99. The average molecular weight is 352 g/mol. The summed E-state index contributed by atoms with van der Waals surface area (Å²) in [5, 5.41) is 3.39. The predicted octanol–water partition coefficient (Wildman–Crippen LogP) is 3.87. The molecular weight excluding hydrogens is 336 g/mol. The fraction of sp³-hybridized carbons (Fsp3) is 0.158. The third-order valence-electron chi connectivity index (χ3n) is 3.92. The number of amides is 1. The molecule has 2 aliphatic heterocycles. The lowest BCUT2D eigenvalue weighted by molar-refractivity contribution is -0.115. The Kier molecular flexibility index (Phi) is 4.19. The van der Waals surface area contributed by atoms with Gasteiger partial charge in [-0.1, -0.05) is 25.1 Å². The second-order valence-corrected chi connectivity index (χ2v) is 6.65. The van der Waals surface area contributed by atoms with E-state index in [2.05, 4.69) is 17.2 Å². The van der Waals surface area contributed by atoms with Crippen LogP contribution in [-0.2, 0) is 11.2 Å². The molecule has 2 heterocycles. The van der Waals surface area contributed by atoms with Gasteiger partial charge in [0.25, 0.3) is 5.91 Å². The van der Waals surface area contributed by atoms with Gasteiger partial charge in [0.2, 0.25) is 6.79 Å². The van der Waals surface area contributed by atoms with Gasteiger partial charge >= 0.3 is 0 Å². The standard InChI is InChI=1S/C19H16N2O3S/c1-2-12-3-6-14(7-4-12)20-19-21-18(22)17(25-19)10-13-5-8-15-16(9-13)24-11-23-15/h3-10H,2,11H2,1H3,(H,20,21,22). The van der Waals surface area contributed by atoms with Crippen molar-refractivity contribution in [1.82, 2.24) is 5.32 Å². The van der Waals surface area contributed by atoms with Gasteiger partial charge in [-0.15, -0.1) is 0 Å². The van der Waals surface area contributed by atoms with Gasteiger partial charge in [0, 0.05) is 0 Å². The van der Waals surface area contributed by atoms with Gasteiger partial charge in [0.1, 0.15) is 0 Å². The van der Waals surface area contributed by atoms with Gasteiger partial charge < -0.3 is 14.8 Å². The Balaban J connectivity index is 1.54. The van der Waals surface area contributed by atoms with E-state index in [1.165, 1.54) is 17.3 Å². The zero-order chi connectivity index (χ0) is 17.2. The van der Waals surface area contributed by atoms with Crippen LogP contribution in [0.1, 0.15) is 18.1 Å². The fourth-order valence-corrected chi connectivity index (χ4v) is 3.40. The smallest absolute Gasteiger partial charge is 0.264 e. The number of carbonyl (C=O) groups excluding carboxylic acids is 1. The van der Waals surface area contributed by atoms with E-state index in [0.29, 0.717) is 15.8 Å². The number of hydrogen-bond acceptors (Lipinski definition) is 5. The van der Waals surface area contributed by atoms with Crippen molar-refractivity contribution < 1.29 is 14.3 Å². The normalized spacial score (nSPS) is 18.8.